The highest BCUT2D eigenvalue weighted by Crippen LogP contribution is 2.51. The Morgan fingerprint density at radius 1 is 0.974 bits per heavy atom. The highest BCUT2D eigenvalue weighted by molar-refractivity contribution is 7.92. The minimum absolute atomic E-state index is 0.0745. The average molecular weight is 574 g/mol. The molecule has 0 saturated heterocycles. The van der Waals surface area contributed by atoms with Crippen LogP contribution in [-0.2, 0) is 9.84 Å². The van der Waals surface area contributed by atoms with Crippen LogP contribution in [-0.4, -0.2) is 30.3 Å². The SMILES string of the molecule is O=C(Nc1cc(F)c(F)c(F)c1)c1ccc(Cl)c(S(=O)(=O)[C@H]2C3CCC2C[C@](O)(C#Cc2ccccc2)C3)c1. The number of sulfone groups is 1. The fourth-order valence-corrected chi connectivity index (χ4v) is 8.53. The third-order valence-corrected chi connectivity index (χ3v) is 10.2. The number of carbonyl (C=O) groups is 1. The predicted molar refractivity (Wildman–Crippen MR) is 140 cm³/mol. The number of carbonyl (C=O) groups excluding carboxylic acids is 1. The van der Waals surface area contributed by atoms with Gasteiger partial charge in [-0.2, -0.15) is 0 Å². The number of nitrogens with one attached hydrogen (secondary N) is 1. The molecule has 2 saturated carbocycles. The highest BCUT2D eigenvalue weighted by atomic mass is 35.5. The van der Waals surface area contributed by atoms with Gasteiger partial charge in [-0.05, 0) is 67.9 Å². The average Bonchev–Trinajstić information content (AvgIpc) is 3.20. The standard InChI is InChI=1S/C29H23ClF3NO4S/c30-22-9-8-18(28(35)34-21-13-23(31)26(33)24(32)14-21)12-25(22)39(37,38)27-19-6-7-20(27)16-29(36,15-19)11-10-17-4-2-1-3-5-17/h1-5,8-9,12-14,19-20,27,36H,6-7,15-16H2,(H,34,35)/t19?,20?,27-,29-. The van der Waals surface area contributed by atoms with Gasteiger partial charge in [0.15, 0.2) is 27.3 Å². The Hall–Kier alpha value is -3.32. The van der Waals surface area contributed by atoms with E-state index in [4.69, 9.17) is 11.6 Å². The van der Waals surface area contributed by atoms with Crippen LogP contribution in [0.1, 0.15) is 41.6 Å². The van der Waals surface area contributed by atoms with E-state index >= 15 is 0 Å². The molecule has 0 aromatic heterocycles. The van der Waals surface area contributed by atoms with Crippen LogP contribution in [0, 0.1) is 41.1 Å². The third-order valence-electron chi connectivity index (χ3n) is 7.35. The molecule has 0 radical (unpaired) electrons. The van der Waals surface area contributed by atoms with Crippen molar-refractivity contribution in [1.82, 2.24) is 0 Å². The maximum atomic E-state index is 13.8. The second-order valence-corrected chi connectivity index (χ2v) is 12.5. The summed E-state index contributed by atoms with van der Waals surface area (Å²) in [5.41, 5.74) is -1.02. The van der Waals surface area contributed by atoms with E-state index < -0.39 is 44.0 Å². The fraction of sp³-hybridized carbons (Fsp3) is 0.276. The second-order valence-electron chi connectivity index (χ2n) is 10.0. The summed E-state index contributed by atoms with van der Waals surface area (Å²) in [6, 6.07) is 14.1. The first-order chi connectivity index (χ1) is 18.5. The first-order valence-electron chi connectivity index (χ1n) is 12.3. The first-order valence-corrected chi connectivity index (χ1v) is 14.2. The van der Waals surface area contributed by atoms with E-state index in [2.05, 4.69) is 17.2 Å². The summed E-state index contributed by atoms with van der Waals surface area (Å²) in [6.45, 7) is 0. The molecule has 5 rings (SSSR count). The van der Waals surface area contributed by atoms with Gasteiger partial charge in [-0.15, -0.1) is 0 Å². The van der Waals surface area contributed by atoms with Crippen molar-refractivity contribution in [3.05, 3.63) is 94.3 Å². The maximum absolute atomic E-state index is 13.8. The zero-order valence-corrected chi connectivity index (χ0v) is 22.0. The smallest absolute Gasteiger partial charge is 0.255 e. The molecule has 202 valence electrons. The van der Waals surface area contributed by atoms with Gasteiger partial charge < -0.3 is 10.4 Å². The molecule has 39 heavy (non-hydrogen) atoms. The molecule has 10 heteroatoms. The Kier molecular flexibility index (Phi) is 7.23. The Balaban J connectivity index is 1.39. The molecule has 2 aliphatic carbocycles. The van der Waals surface area contributed by atoms with Crippen molar-refractivity contribution >= 4 is 33.0 Å². The molecule has 1 amide bonds. The summed E-state index contributed by atoms with van der Waals surface area (Å²) >= 11 is 6.29. The minimum atomic E-state index is -4.03. The zero-order chi connectivity index (χ0) is 27.9. The summed E-state index contributed by atoms with van der Waals surface area (Å²) < 4.78 is 68.0. The number of aliphatic hydroxyl groups is 1. The number of rotatable bonds is 4. The van der Waals surface area contributed by atoms with Gasteiger partial charge in [0.2, 0.25) is 0 Å². The lowest BCUT2D eigenvalue weighted by Crippen LogP contribution is -2.45. The Bertz CT molecular complexity index is 1580. The number of hydrogen-bond donors (Lipinski definition) is 2. The van der Waals surface area contributed by atoms with E-state index in [1.807, 2.05) is 30.3 Å². The van der Waals surface area contributed by atoms with Crippen molar-refractivity contribution in [1.29, 1.82) is 0 Å². The predicted octanol–water partition coefficient (Wildman–Crippen LogP) is 5.75. The lowest BCUT2D eigenvalue weighted by molar-refractivity contribution is 0.0340. The third kappa shape index (κ3) is 5.42. The number of hydrogen-bond acceptors (Lipinski definition) is 4. The van der Waals surface area contributed by atoms with Crippen molar-refractivity contribution < 1.29 is 31.5 Å². The van der Waals surface area contributed by atoms with Gasteiger partial charge in [-0.25, -0.2) is 21.6 Å². The van der Waals surface area contributed by atoms with Crippen LogP contribution < -0.4 is 5.32 Å². The van der Waals surface area contributed by atoms with Gasteiger partial charge in [0.1, 0.15) is 5.60 Å². The first kappa shape index (κ1) is 27.3. The molecule has 0 spiro atoms. The summed E-state index contributed by atoms with van der Waals surface area (Å²) in [7, 11) is -4.03. The van der Waals surface area contributed by atoms with Gasteiger partial charge in [0, 0.05) is 28.9 Å². The van der Waals surface area contributed by atoms with E-state index in [-0.39, 0.29) is 45.8 Å². The van der Waals surface area contributed by atoms with Crippen molar-refractivity contribution in [3.63, 3.8) is 0 Å². The van der Waals surface area contributed by atoms with Gasteiger partial charge in [-0.3, -0.25) is 4.79 Å². The molecule has 2 bridgehead atoms. The largest absolute Gasteiger partial charge is 0.378 e. The van der Waals surface area contributed by atoms with Crippen LogP contribution in [0.2, 0.25) is 5.02 Å². The molecule has 2 N–H and O–H groups in total. The fourth-order valence-electron chi connectivity index (χ4n) is 5.69. The molecule has 2 unspecified atom stereocenters. The van der Waals surface area contributed by atoms with Gasteiger partial charge in [0.25, 0.3) is 5.91 Å². The Morgan fingerprint density at radius 2 is 1.59 bits per heavy atom. The van der Waals surface area contributed by atoms with Crippen molar-refractivity contribution in [3.8, 4) is 11.8 Å². The zero-order valence-electron chi connectivity index (χ0n) is 20.4. The molecule has 2 atom stereocenters. The summed E-state index contributed by atoms with van der Waals surface area (Å²) in [4.78, 5) is 12.5. The van der Waals surface area contributed by atoms with Crippen LogP contribution in [0.4, 0.5) is 18.9 Å². The summed E-state index contributed by atoms with van der Waals surface area (Å²) in [6.07, 6.45) is 1.58. The van der Waals surface area contributed by atoms with Crippen LogP contribution >= 0.6 is 11.6 Å². The minimum Gasteiger partial charge on any atom is -0.378 e. The van der Waals surface area contributed by atoms with Gasteiger partial charge in [-0.1, -0.05) is 41.6 Å². The number of fused-ring (bicyclic) bond motifs is 2. The number of anilines is 1. The molecule has 2 aliphatic rings. The van der Waals surface area contributed by atoms with E-state index in [9.17, 15) is 31.5 Å². The Morgan fingerprint density at radius 3 is 2.21 bits per heavy atom. The van der Waals surface area contributed by atoms with Crippen LogP contribution in [0.25, 0.3) is 0 Å². The van der Waals surface area contributed by atoms with Crippen molar-refractivity contribution in [2.24, 2.45) is 11.8 Å². The monoisotopic (exact) mass is 573 g/mol. The number of halogens is 4. The van der Waals surface area contributed by atoms with Crippen LogP contribution in [0.3, 0.4) is 0 Å². The van der Waals surface area contributed by atoms with Crippen LogP contribution in [0.15, 0.2) is 65.6 Å². The molecule has 3 aromatic rings. The molecule has 5 nitrogen and oxygen atoms in total. The van der Waals surface area contributed by atoms with E-state index in [1.165, 1.54) is 12.1 Å². The maximum Gasteiger partial charge on any atom is 0.255 e. The summed E-state index contributed by atoms with van der Waals surface area (Å²) in [5.74, 6) is -0.271. The van der Waals surface area contributed by atoms with Gasteiger partial charge in [0.05, 0.1) is 15.2 Å². The lowest BCUT2D eigenvalue weighted by Gasteiger charge is -2.38. The second kappa shape index (κ2) is 10.3. The number of amides is 1. The molecule has 0 aliphatic heterocycles. The van der Waals surface area contributed by atoms with Crippen molar-refractivity contribution in [2.75, 3.05) is 5.32 Å². The van der Waals surface area contributed by atoms with Crippen LogP contribution in [0.5, 0.6) is 0 Å². The molecular weight excluding hydrogens is 551 g/mol. The van der Waals surface area contributed by atoms with E-state index in [0.717, 1.165) is 11.6 Å². The molecule has 3 aromatic carbocycles. The van der Waals surface area contributed by atoms with Crippen molar-refractivity contribution in [2.45, 2.75) is 41.4 Å². The topological polar surface area (TPSA) is 83.5 Å². The van der Waals surface area contributed by atoms with E-state index in [0.29, 0.717) is 25.0 Å². The van der Waals surface area contributed by atoms with Gasteiger partial charge >= 0.3 is 0 Å². The summed E-state index contributed by atoms with van der Waals surface area (Å²) in [5, 5.41) is 12.6. The highest BCUT2D eigenvalue weighted by Gasteiger charge is 2.54. The molecule has 0 heterocycles. The molecule has 2 fully saturated rings. The lowest BCUT2D eigenvalue weighted by atomic mass is 9.77. The Labute approximate surface area is 228 Å². The molecular formula is C29H23ClF3NO4S. The van der Waals surface area contributed by atoms with E-state index in [1.54, 1.807) is 0 Å². The number of benzene rings is 3. The normalized spacial score (nSPS) is 24.1. The quantitative estimate of drug-likeness (QED) is 0.307.